The third-order valence-corrected chi connectivity index (χ3v) is 5.52. The summed E-state index contributed by atoms with van der Waals surface area (Å²) >= 11 is 0. The Hall–Kier alpha value is -3.94. The van der Waals surface area contributed by atoms with Crippen LogP contribution >= 0.6 is 0 Å². The summed E-state index contributed by atoms with van der Waals surface area (Å²) in [4.78, 5) is 39.6. The quantitative estimate of drug-likeness (QED) is 0.602. The van der Waals surface area contributed by atoms with Crippen LogP contribution in [0.3, 0.4) is 0 Å². The third kappa shape index (κ3) is 5.85. The zero-order valence-corrected chi connectivity index (χ0v) is 18.2. The first kappa shape index (κ1) is 22.3. The molecule has 2 amide bonds. The van der Waals surface area contributed by atoms with Crippen LogP contribution in [-0.4, -0.2) is 46.2 Å². The summed E-state index contributed by atoms with van der Waals surface area (Å²) in [5.41, 5.74) is 0.609. The predicted octanol–water partition coefficient (Wildman–Crippen LogP) is 2.81. The number of benzene rings is 2. The number of ether oxygens (including phenoxy) is 1. The van der Waals surface area contributed by atoms with Crippen molar-refractivity contribution in [1.29, 1.82) is 0 Å². The standard InChI is InChI=1S/C25H26N4O4/c30-23-14-13-22(27-29(23)16-17-33-21-11-5-2-6-12-21)25(32)28-15-7-8-19(18-28)24(31)26-20-9-3-1-4-10-20/h1-6,9-14,19H,7-8,15-18H2,(H,26,31)/t19-/m0/s1. The molecule has 0 bridgehead atoms. The minimum atomic E-state index is -0.304. The summed E-state index contributed by atoms with van der Waals surface area (Å²) in [5.74, 6) is 0.0126. The molecule has 0 saturated carbocycles. The van der Waals surface area contributed by atoms with Crippen LogP contribution in [0.25, 0.3) is 0 Å². The molecule has 8 heteroatoms. The number of nitrogens with one attached hydrogen (secondary N) is 1. The highest BCUT2D eigenvalue weighted by molar-refractivity contribution is 5.95. The second-order valence-electron chi connectivity index (χ2n) is 7.89. The highest BCUT2D eigenvalue weighted by Crippen LogP contribution is 2.20. The number of anilines is 1. The molecule has 1 aliphatic rings. The van der Waals surface area contributed by atoms with Gasteiger partial charge < -0.3 is 15.0 Å². The molecule has 4 rings (SSSR count). The van der Waals surface area contributed by atoms with Crippen LogP contribution in [0.2, 0.25) is 0 Å². The Morgan fingerprint density at radius 3 is 2.48 bits per heavy atom. The van der Waals surface area contributed by atoms with Crippen LogP contribution < -0.4 is 15.6 Å². The van der Waals surface area contributed by atoms with Gasteiger partial charge in [0.25, 0.3) is 11.5 Å². The molecule has 0 unspecified atom stereocenters. The molecule has 33 heavy (non-hydrogen) atoms. The summed E-state index contributed by atoms with van der Waals surface area (Å²) in [6.07, 6.45) is 1.44. The first-order chi connectivity index (χ1) is 16.1. The minimum absolute atomic E-state index is 0.102. The minimum Gasteiger partial charge on any atom is -0.492 e. The van der Waals surface area contributed by atoms with Gasteiger partial charge in [-0.3, -0.25) is 14.4 Å². The number of aromatic nitrogens is 2. The Balaban J connectivity index is 1.38. The van der Waals surface area contributed by atoms with Crippen LogP contribution in [0, 0.1) is 5.92 Å². The van der Waals surface area contributed by atoms with Crippen molar-refractivity contribution < 1.29 is 14.3 Å². The van der Waals surface area contributed by atoms with Gasteiger partial charge in [0.05, 0.1) is 12.5 Å². The van der Waals surface area contributed by atoms with Gasteiger partial charge in [-0.05, 0) is 43.2 Å². The summed E-state index contributed by atoms with van der Waals surface area (Å²) in [5, 5.41) is 7.16. The molecule has 1 atom stereocenters. The second-order valence-corrected chi connectivity index (χ2v) is 7.89. The van der Waals surface area contributed by atoms with E-state index in [9.17, 15) is 14.4 Å². The van der Waals surface area contributed by atoms with Crippen molar-refractivity contribution in [3.8, 4) is 5.75 Å². The SMILES string of the molecule is O=C(Nc1ccccc1)[C@H]1CCCN(C(=O)c2ccc(=O)n(CCOc3ccccc3)n2)C1. The molecule has 2 aromatic carbocycles. The monoisotopic (exact) mass is 446 g/mol. The molecule has 1 N–H and O–H groups in total. The number of amides is 2. The van der Waals surface area contributed by atoms with Crippen LogP contribution in [0.1, 0.15) is 23.3 Å². The molecular weight excluding hydrogens is 420 g/mol. The van der Waals surface area contributed by atoms with Crippen molar-refractivity contribution in [2.24, 2.45) is 5.92 Å². The average Bonchev–Trinajstić information content (AvgIpc) is 2.86. The van der Waals surface area contributed by atoms with Gasteiger partial charge in [0.2, 0.25) is 5.91 Å². The maximum atomic E-state index is 13.1. The number of carbonyl (C=O) groups excluding carboxylic acids is 2. The lowest BCUT2D eigenvalue weighted by atomic mass is 9.96. The highest BCUT2D eigenvalue weighted by atomic mass is 16.5. The molecule has 2 heterocycles. The number of para-hydroxylation sites is 2. The van der Waals surface area contributed by atoms with Crippen molar-refractivity contribution in [2.45, 2.75) is 19.4 Å². The number of hydrogen-bond donors (Lipinski definition) is 1. The van der Waals surface area contributed by atoms with Gasteiger partial charge in [0.1, 0.15) is 18.1 Å². The molecule has 1 aliphatic heterocycles. The number of hydrogen-bond acceptors (Lipinski definition) is 5. The third-order valence-electron chi connectivity index (χ3n) is 5.52. The van der Waals surface area contributed by atoms with Gasteiger partial charge in [-0.15, -0.1) is 0 Å². The summed E-state index contributed by atoms with van der Waals surface area (Å²) in [7, 11) is 0. The molecule has 3 aromatic rings. The van der Waals surface area contributed by atoms with E-state index in [1.165, 1.54) is 16.8 Å². The van der Waals surface area contributed by atoms with E-state index in [0.717, 1.165) is 12.1 Å². The van der Waals surface area contributed by atoms with Gasteiger partial charge in [0, 0.05) is 24.8 Å². The van der Waals surface area contributed by atoms with E-state index in [1.807, 2.05) is 60.7 Å². The fourth-order valence-corrected chi connectivity index (χ4v) is 3.79. The summed E-state index contributed by atoms with van der Waals surface area (Å²) < 4.78 is 6.87. The maximum Gasteiger partial charge on any atom is 0.274 e. The van der Waals surface area contributed by atoms with Gasteiger partial charge >= 0.3 is 0 Å². The zero-order chi connectivity index (χ0) is 23.0. The fraction of sp³-hybridized carbons (Fsp3) is 0.280. The van der Waals surface area contributed by atoms with E-state index in [2.05, 4.69) is 10.4 Å². The van der Waals surface area contributed by atoms with E-state index >= 15 is 0 Å². The summed E-state index contributed by atoms with van der Waals surface area (Å²) in [6, 6.07) is 21.3. The second kappa shape index (κ2) is 10.6. The van der Waals surface area contributed by atoms with Crippen molar-refractivity contribution >= 4 is 17.5 Å². The first-order valence-electron chi connectivity index (χ1n) is 11.0. The molecule has 0 spiro atoms. The molecule has 8 nitrogen and oxygen atoms in total. The largest absolute Gasteiger partial charge is 0.492 e. The summed E-state index contributed by atoms with van der Waals surface area (Å²) in [6.45, 7) is 1.33. The molecule has 170 valence electrons. The molecule has 0 aliphatic carbocycles. The van der Waals surface area contributed by atoms with Crippen LogP contribution in [0.4, 0.5) is 5.69 Å². The van der Waals surface area contributed by atoms with E-state index in [4.69, 9.17) is 4.74 Å². The van der Waals surface area contributed by atoms with Crippen molar-refractivity contribution in [3.63, 3.8) is 0 Å². The Bertz CT molecular complexity index is 1150. The van der Waals surface area contributed by atoms with Gasteiger partial charge in [-0.25, -0.2) is 4.68 Å². The Labute approximate surface area is 191 Å². The normalized spacial score (nSPS) is 15.6. The van der Waals surface area contributed by atoms with Gasteiger partial charge in [0.15, 0.2) is 0 Å². The van der Waals surface area contributed by atoms with Gasteiger partial charge in [-0.2, -0.15) is 5.10 Å². The molecule has 1 saturated heterocycles. The fourth-order valence-electron chi connectivity index (χ4n) is 3.79. The zero-order valence-electron chi connectivity index (χ0n) is 18.2. The van der Waals surface area contributed by atoms with Crippen molar-refractivity contribution in [1.82, 2.24) is 14.7 Å². The number of nitrogens with zero attached hydrogens (tertiary/aromatic N) is 3. The lowest BCUT2D eigenvalue weighted by Gasteiger charge is -2.31. The smallest absolute Gasteiger partial charge is 0.274 e. The predicted molar refractivity (Wildman–Crippen MR) is 124 cm³/mol. The average molecular weight is 447 g/mol. The topological polar surface area (TPSA) is 93.5 Å². The van der Waals surface area contributed by atoms with Crippen molar-refractivity contribution in [2.75, 3.05) is 25.0 Å². The maximum absolute atomic E-state index is 13.1. The van der Waals surface area contributed by atoms with E-state index in [0.29, 0.717) is 25.3 Å². The highest BCUT2D eigenvalue weighted by Gasteiger charge is 2.29. The van der Waals surface area contributed by atoms with Crippen molar-refractivity contribution in [3.05, 3.63) is 88.8 Å². The van der Waals surface area contributed by atoms with Crippen LogP contribution in [0.5, 0.6) is 5.75 Å². The van der Waals surface area contributed by atoms with E-state index in [-0.39, 0.29) is 42.1 Å². The Kier molecular flexibility index (Phi) is 7.14. The molecular formula is C25H26N4O4. The van der Waals surface area contributed by atoms with Gasteiger partial charge in [-0.1, -0.05) is 36.4 Å². The van der Waals surface area contributed by atoms with Crippen LogP contribution in [-0.2, 0) is 11.3 Å². The lowest BCUT2D eigenvalue weighted by molar-refractivity contribution is -0.121. The Morgan fingerprint density at radius 2 is 1.73 bits per heavy atom. The molecule has 1 aromatic heterocycles. The van der Waals surface area contributed by atoms with E-state index < -0.39 is 0 Å². The molecule has 1 fully saturated rings. The lowest BCUT2D eigenvalue weighted by Crippen LogP contribution is -2.44. The molecule has 0 radical (unpaired) electrons. The number of rotatable bonds is 7. The Morgan fingerprint density at radius 1 is 1.00 bits per heavy atom. The number of piperidine rings is 1. The first-order valence-corrected chi connectivity index (χ1v) is 11.0. The number of carbonyl (C=O) groups is 2. The van der Waals surface area contributed by atoms with E-state index in [1.54, 1.807) is 4.90 Å². The van der Waals surface area contributed by atoms with Crippen LogP contribution in [0.15, 0.2) is 77.6 Å². The number of likely N-dealkylation sites (tertiary alicyclic amines) is 1.